The first-order chi connectivity index (χ1) is 38.0. The van der Waals surface area contributed by atoms with Crippen LogP contribution in [0.3, 0.4) is 0 Å². The van der Waals surface area contributed by atoms with Gasteiger partial charge in [-0.05, 0) is 57.8 Å². The van der Waals surface area contributed by atoms with Gasteiger partial charge in [0, 0.05) is 12.8 Å². The monoisotopic (exact) mass is 1080 g/mol. The lowest BCUT2D eigenvalue weighted by molar-refractivity contribution is -0.143. The molecule has 0 saturated heterocycles. The Morgan fingerprint density at radius 2 is 0.649 bits per heavy atom. The van der Waals surface area contributed by atoms with Crippen LogP contribution in [-0.2, 0) is 14.3 Å². The summed E-state index contributed by atoms with van der Waals surface area (Å²) in [6.45, 7) is 4.98. The standard InChI is InChI=1S/C71H137NO5/c1-3-5-7-9-11-13-15-17-18-19-31-35-38-41-45-49-53-57-61-65-71(76)77-66-62-58-54-50-46-42-39-36-33-30-28-26-24-22-20-21-23-25-27-29-32-34-37-40-44-48-52-56-60-64-70(75)72-68(67-73)69(74)63-59-55-51-47-43-16-14-12-10-8-6-4-2/h20,22,26,28,68-69,73-74H,3-19,21,23-25,27,29-67H2,1-2H3,(H,72,75)/b22-20-,28-26-. The Balaban J connectivity index is 3.36. The molecule has 1 amide bonds. The lowest BCUT2D eigenvalue weighted by Crippen LogP contribution is -2.45. The molecule has 77 heavy (non-hydrogen) atoms. The zero-order valence-electron chi connectivity index (χ0n) is 52.2. The van der Waals surface area contributed by atoms with Crippen molar-refractivity contribution < 1.29 is 24.5 Å². The van der Waals surface area contributed by atoms with E-state index < -0.39 is 12.1 Å². The number of allylic oxidation sites excluding steroid dienone is 4. The van der Waals surface area contributed by atoms with Crippen LogP contribution in [0.25, 0.3) is 0 Å². The van der Waals surface area contributed by atoms with Gasteiger partial charge in [0.05, 0.1) is 25.4 Å². The van der Waals surface area contributed by atoms with Crippen LogP contribution in [0.15, 0.2) is 24.3 Å². The summed E-state index contributed by atoms with van der Waals surface area (Å²) in [6.07, 6.45) is 83.7. The van der Waals surface area contributed by atoms with Crippen molar-refractivity contribution in [3.05, 3.63) is 24.3 Å². The Hall–Kier alpha value is -1.66. The van der Waals surface area contributed by atoms with E-state index in [0.29, 0.717) is 25.9 Å². The molecular weight excluding hydrogens is 947 g/mol. The number of rotatable bonds is 66. The zero-order chi connectivity index (χ0) is 55.7. The first kappa shape index (κ1) is 75.3. The van der Waals surface area contributed by atoms with Crippen LogP contribution >= 0.6 is 0 Å². The number of amides is 1. The lowest BCUT2D eigenvalue weighted by Gasteiger charge is -2.22. The smallest absolute Gasteiger partial charge is 0.305 e. The molecule has 6 nitrogen and oxygen atoms in total. The van der Waals surface area contributed by atoms with Crippen molar-refractivity contribution in [2.24, 2.45) is 0 Å². The average molecular weight is 1080 g/mol. The molecule has 456 valence electrons. The van der Waals surface area contributed by atoms with E-state index in [1.54, 1.807) is 0 Å². The van der Waals surface area contributed by atoms with Crippen LogP contribution in [0.2, 0.25) is 0 Å². The number of hydrogen-bond donors (Lipinski definition) is 3. The van der Waals surface area contributed by atoms with Gasteiger partial charge in [-0.15, -0.1) is 0 Å². The molecule has 0 saturated carbocycles. The fraction of sp³-hybridized carbons (Fsp3) is 0.915. The second-order valence-electron chi connectivity index (χ2n) is 24.2. The van der Waals surface area contributed by atoms with Gasteiger partial charge in [0.25, 0.3) is 0 Å². The third-order valence-electron chi connectivity index (χ3n) is 16.5. The lowest BCUT2D eigenvalue weighted by atomic mass is 10.0. The summed E-state index contributed by atoms with van der Waals surface area (Å²) in [6, 6.07) is -0.541. The molecule has 0 spiro atoms. The number of unbranched alkanes of at least 4 members (excludes halogenated alkanes) is 51. The number of nitrogens with one attached hydrogen (secondary N) is 1. The average Bonchev–Trinajstić information content (AvgIpc) is 3.43. The van der Waals surface area contributed by atoms with E-state index in [9.17, 15) is 19.8 Å². The highest BCUT2D eigenvalue weighted by molar-refractivity contribution is 5.76. The van der Waals surface area contributed by atoms with E-state index in [2.05, 4.69) is 43.5 Å². The molecule has 0 radical (unpaired) electrons. The second-order valence-corrected chi connectivity index (χ2v) is 24.2. The summed E-state index contributed by atoms with van der Waals surface area (Å²) in [5, 5.41) is 23.2. The molecule has 0 aliphatic rings. The Bertz CT molecular complexity index is 1200. The number of hydrogen-bond acceptors (Lipinski definition) is 5. The number of carbonyl (C=O) groups excluding carboxylic acids is 2. The maximum Gasteiger partial charge on any atom is 0.305 e. The minimum Gasteiger partial charge on any atom is -0.466 e. The molecule has 2 unspecified atom stereocenters. The molecule has 0 fully saturated rings. The third kappa shape index (κ3) is 63.4. The van der Waals surface area contributed by atoms with Crippen LogP contribution < -0.4 is 5.32 Å². The molecular formula is C71H137NO5. The van der Waals surface area contributed by atoms with Crippen molar-refractivity contribution >= 4 is 11.9 Å². The molecule has 2 atom stereocenters. The second kappa shape index (κ2) is 66.8. The number of carbonyl (C=O) groups is 2. The van der Waals surface area contributed by atoms with Gasteiger partial charge in [0.1, 0.15) is 0 Å². The van der Waals surface area contributed by atoms with Gasteiger partial charge in [-0.1, -0.05) is 346 Å². The van der Waals surface area contributed by atoms with Crippen LogP contribution in [0.4, 0.5) is 0 Å². The molecule has 0 heterocycles. The molecule has 0 aliphatic carbocycles. The fourth-order valence-corrected chi connectivity index (χ4v) is 11.1. The predicted molar refractivity (Wildman–Crippen MR) is 338 cm³/mol. The number of aliphatic hydroxyl groups is 2. The van der Waals surface area contributed by atoms with Gasteiger partial charge >= 0.3 is 5.97 Å². The van der Waals surface area contributed by atoms with E-state index in [0.717, 1.165) is 44.9 Å². The van der Waals surface area contributed by atoms with Crippen LogP contribution in [-0.4, -0.2) is 47.4 Å². The van der Waals surface area contributed by atoms with E-state index in [1.165, 1.54) is 315 Å². The maximum absolute atomic E-state index is 12.5. The highest BCUT2D eigenvalue weighted by Crippen LogP contribution is 2.19. The van der Waals surface area contributed by atoms with E-state index in [1.807, 2.05) is 0 Å². The highest BCUT2D eigenvalue weighted by atomic mass is 16.5. The summed E-state index contributed by atoms with van der Waals surface area (Å²) in [4.78, 5) is 24.6. The fourth-order valence-electron chi connectivity index (χ4n) is 11.1. The van der Waals surface area contributed by atoms with Crippen LogP contribution in [0.5, 0.6) is 0 Å². The Labute approximate surface area is 481 Å². The Morgan fingerprint density at radius 1 is 0.364 bits per heavy atom. The number of esters is 1. The van der Waals surface area contributed by atoms with Gasteiger partial charge < -0.3 is 20.3 Å². The van der Waals surface area contributed by atoms with Crippen molar-refractivity contribution in [3.8, 4) is 0 Å². The predicted octanol–water partition coefficient (Wildman–Crippen LogP) is 22.5. The molecule has 0 aromatic carbocycles. The summed E-state index contributed by atoms with van der Waals surface area (Å²) in [5.74, 6) is -0.0173. The van der Waals surface area contributed by atoms with Gasteiger partial charge in [-0.3, -0.25) is 9.59 Å². The van der Waals surface area contributed by atoms with Crippen LogP contribution in [0.1, 0.15) is 393 Å². The topological polar surface area (TPSA) is 95.9 Å². The van der Waals surface area contributed by atoms with Gasteiger partial charge in [0.2, 0.25) is 5.91 Å². The van der Waals surface area contributed by atoms with Crippen molar-refractivity contribution in [3.63, 3.8) is 0 Å². The van der Waals surface area contributed by atoms with Crippen molar-refractivity contribution in [2.45, 2.75) is 405 Å². The van der Waals surface area contributed by atoms with E-state index in [-0.39, 0.29) is 18.5 Å². The molecule has 0 aliphatic heterocycles. The molecule has 6 heteroatoms. The van der Waals surface area contributed by atoms with E-state index >= 15 is 0 Å². The zero-order valence-corrected chi connectivity index (χ0v) is 52.2. The van der Waals surface area contributed by atoms with Crippen molar-refractivity contribution in [1.82, 2.24) is 5.32 Å². The number of ether oxygens (including phenoxy) is 1. The van der Waals surface area contributed by atoms with Gasteiger partial charge in [-0.25, -0.2) is 0 Å². The Morgan fingerprint density at radius 3 is 0.987 bits per heavy atom. The summed E-state index contributed by atoms with van der Waals surface area (Å²) in [5.41, 5.74) is 0. The normalized spacial score (nSPS) is 12.6. The molecule has 3 N–H and O–H groups in total. The van der Waals surface area contributed by atoms with Gasteiger partial charge in [0.15, 0.2) is 0 Å². The largest absolute Gasteiger partial charge is 0.466 e. The summed E-state index contributed by atoms with van der Waals surface area (Å²) in [7, 11) is 0. The van der Waals surface area contributed by atoms with Crippen molar-refractivity contribution in [1.29, 1.82) is 0 Å². The third-order valence-corrected chi connectivity index (χ3v) is 16.5. The SMILES string of the molecule is CCCCCCCCCCCCCCCCCCCCCC(=O)OCCCCCCCCCCC/C=C\C/C=C\CCCCCCCCCCCCCCCC(=O)NC(CO)C(O)CCCCCCCCCCCCCC. The minimum atomic E-state index is -0.664. The molecule has 0 bridgehead atoms. The Kier molecular flexibility index (Phi) is 65.4. The molecule has 0 aromatic rings. The molecule has 0 rings (SSSR count). The van der Waals surface area contributed by atoms with Gasteiger partial charge in [-0.2, -0.15) is 0 Å². The quantitative estimate of drug-likeness (QED) is 0.0320. The molecule has 0 aromatic heterocycles. The summed E-state index contributed by atoms with van der Waals surface area (Å²) < 4.78 is 5.51. The maximum atomic E-state index is 12.5. The highest BCUT2D eigenvalue weighted by Gasteiger charge is 2.20. The van der Waals surface area contributed by atoms with Crippen LogP contribution in [0, 0.1) is 0 Å². The summed E-state index contributed by atoms with van der Waals surface area (Å²) >= 11 is 0. The first-order valence-electron chi connectivity index (χ1n) is 35.1. The minimum absolute atomic E-state index is 0.0175. The van der Waals surface area contributed by atoms with Crippen molar-refractivity contribution in [2.75, 3.05) is 13.2 Å². The van der Waals surface area contributed by atoms with E-state index in [4.69, 9.17) is 4.74 Å². The first-order valence-corrected chi connectivity index (χ1v) is 35.1. The number of aliphatic hydroxyl groups excluding tert-OH is 2.